The lowest BCUT2D eigenvalue weighted by Gasteiger charge is -2.36. The SMILES string of the molecule is O=C(N/C(=C/c1c[nH]c2ccccc12)C(=O)N1CCN(c2ccc([N+](=O)[O-])cc2)CC1)c1ccccc1. The van der Waals surface area contributed by atoms with Gasteiger partial charge in [-0.2, -0.15) is 0 Å². The molecule has 0 unspecified atom stereocenters. The van der Waals surface area contributed by atoms with Crippen LogP contribution in [-0.4, -0.2) is 52.8 Å². The first-order valence-electron chi connectivity index (χ1n) is 11.9. The highest BCUT2D eigenvalue weighted by Crippen LogP contribution is 2.23. The predicted molar refractivity (Wildman–Crippen MR) is 142 cm³/mol. The molecule has 4 aromatic rings. The molecule has 9 nitrogen and oxygen atoms in total. The van der Waals surface area contributed by atoms with E-state index >= 15 is 0 Å². The molecule has 1 saturated heterocycles. The fourth-order valence-electron chi connectivity index (χ4n) is 4.43. The topological polar surface area (TPSA) is 112 Å². The number of carbonyl (C=O) groups is 2. The third-order valence-corrected chi connectivity index (χ3v) is 6.43. The van der Waals surface area contributed by atoms with Crippen molar-refractivity contribution in [3.63, 3.8) is 0 Å². The first kappa shape index (κ1) is 23.8. The highest BCUT2D eigenvalue weighted by Gasteiger charge is 2.26. The predicted octanol–water partition coefficient (Wildman–Crippen LogP) is 4.20. The molecule has 9 heteroatoms. The van der Waals surface area contributed by atoms with Crippen LogP contribution in [0.3, 0.4) is 0 Å². The van der Waals surface area contributed by atoms with Crippen LogP contribution < -0.4 is 10.2 Å². The van der Waals surface area contributed by atoms with Crippen LogP contribution in [0, 0.1) is 10.1 Å². The lowest BCUT2D eigenvalue weighted by Crippen LogP contribution is -2.50. The van der Waals surface area contributed by atoms with Gasteiger partial charge in [-0.25, -0.2) is 0 Å². The van der Waals surface area contributed by atoms with Crippen molar-refractivity contribution in [2.24, 2.45) is 0 Å². The summed E-state index contributed by atoms with van der Waals surface area (Å²) in [4.78, 5) is 44.1. The van der Waals surface area contributed by atoms with Crippen LogP contribution in [0.2, 0.25) is 0 Å². The maximum atomic E-state index is 13.6. The molecular weight excluding hydrogens is 470 g/mol. The van der Waals surface area contributed by atoms with Crippen LogP contribution in [0.15, 0.2) is 90.8 Å². The minimum atomic E-state index is -0.425. The van der Waals surface area contributed by atoms with Crippen molar-refractivity contribution in [1.29, 1.82) is 0 Å². The van der Waals surface area contributed by atoms with E-state index in [9.17, 15) is 19.7 Å². The Balaban J connectivity index is 1.36. The number of para-hydroxylation sites is 1. The maximum absolute atomic E-state index is 13.6. The maximum Gasteiger partial charge on any atom is 0.270 e. The lowest BCUT2D eigenvalue weighted by atomic mass is 10.1. The van der Waals surface area contributed by atoms with E-state index in [1.54, 1.807) is 47.4 Å². The fourth-order valence-corrected chi connectivity index (χ4v) is 4.43. The number of nitrogens with zero attached hydrogens (tertiary/aromatic N) is 3. The number of non-ortho nitro benzene ring substituents is 1. The van der Waals surface area contributed by atoms with Crippen molar-refractivity contribution >= 4 is 40.2 Å². The van der Waals surface area contributed by atoms with Crippen LogP contribution in [0.5, 0.6) is 0 Å². The van der Waals surface area contributed by atoms with E-state index in [4.69, 9.17) is 0 Å². The average molecular weight is 496 g/mol. The molecule has 1 fully saturated rings. The van der Waals surface area contributed by atoms with E-state index in [-0.39, 0.29) is 23.2 Å². The van der Waals surface area contributed by atoms with Crippen LogP contribution in [0.4, 0.5) is 11.4 Å². The second-order valence-corrected chi connectivity index (χ2v) is 8.72. The minimum Gasteiger partial charge on any atom is -0.368 e. The quantitative estimate of drug-likeness (QED) is 0.237. The molecule has 1 aromatic heterocycles. The Hall–Kier alpha value is -4.92. The number of hydrogen-bond donors (Lipinski definition) is 2. The first-order valence-corrected chi connectivity index (χ1v) is 11.9. The molecule has 0 atom stereocenters. The molecule has 0 bridgehead atoms. The second-order valence-electron chi connectivity index (χ2n) is 8.72. The Morgan fingerprint density at radius 3 is 2.27 bits per heavy atom. The summed E-state index contributed by atoms with van der Waals surface area (Å²) in [6.45, 7) is 2.03. The molecule has 3 aromatic carbocycles. The van der Waals surface area contributed by atoms with Gasteiger partial charge in [0.15, 0.2) is 0 Å². The highest BCUT2D eigenvalue weighted by atomic mass is 16.6. The summed E-state index contributed by atoms with van der Waals surface area (Å²) in [7, 11) is 0. The molecule has 2 amide bonds. The molecule has 0 saturated carbocycles. The Bertz CT molecular complexity index is 1470. The van der Waals surface area contributed by atoms with Crippen LogP contribution in [0.1, 0.15) is 15.9 Å². The van der Waals surface area contributed by atoms with E-state index < -0.39 is 4.92 Å². The van der Waals surface area contributed by atoms with Gasteiger partial charge in [0.25, 0.3) is 17.5 Å². The van der Waals surface area contributed by atoms with Crippen molar-refractivity contribution in [3.8, 4) is 0 Å². The number of benzene rings is 3. The third-order valence-electron chi connectivity index (χ3n) is 6.43. The minimum absolute atomic E-state index is 0.0405. The van der Waals surface area contributed by atoms with Crippen molar-refractivity contribution in [2.45, 2.75) is 0 Å². The van der Waals surface area contributed by atoms with Gasteiger partial charge in [-0.15, -0.1) is 0 Å². The van der Waals surface area contributed by atoms with Gasteiger partial charge in [0.1, 0.15) is 5.70 Å². The lowest BCUT2D eigenvalue weighted by molar-refractivity contribution is -0.384. The highest BCUT2D eigenvalue weighted by molar-refractivity contribution is 6.06. The summed E-state index contributed by atoms with van der Waals surface area (Å²) in [5.41, 5.74) is 3.30. The fraction of sp³-hybridized carbons (Fsp3) is 0.143. The second kappa shape index (κ2) is 10.4. The van der Waals surface area contributed by atoms with E-state index in [1.807, 2.05) is 36.5 Å². The normalized spacial score (nSPS) is 14.0. The van der Waals surface area contributed by atoms with Crippen LogP contribution in [-0.2, 0) is 4.79 Å². The Morgan fingerprint density at radius 1 is 0.892 bits per heavy atom. The number of nitro groups is 1. The summed E-state index contributed by atoms with van der Waals surface area (Å²) in [5.74, 6) is -0.623. The molecule has 0 spiro atoms. The van der Waals surface area contributed by atoms with Gasteiger partial charge in [-0.05, 0) is 36.4 Å². The van der Waals surface area contributed by atoms with Crippen molar-refractivity contribution in [1.82, 2.24) is 15.2 Å². The van der Waals surface area contributed by atoms with Gasteiger partial charge in [-0.3, -0.25) is 19.7 Å². The number of rotatable bonds is 6. The number of H-pyrrole nitrogens is 1. The number of aromatic nitrogens is 1. The number of fused-ring (bicyclic) bond motifs is 1. The Labute approximate surface area is 213 Å². The largest absolute Gasteiger partial charge is 0.368 e. The summed E-state index contributed by atoms with van der Waals surface area (Å²) < 4.78 is 0. The monoisotopic (exact) mass is 495 g/mol. The van der Waals surface area contributed by atoms with Crippen LogP contribution >= 0.6 is 0 Å². The molecule has 0 radical (unpaired) electrons. The van der Waals surface area contributed by atoms with Gasteiger partial charge in [0.2, 0.25) is 0 Å². The third kappa shape index (κ3) is 5.20. The molecule has 0 aliphatic carbocycles. The number of piperazine rings is 1. The van der Waals surface area contributed by atoms with E-state index in [2.05, 4.69) is 15.2 Å². The summed E-state index contributed by atoms with van der Waals surface area (Å²) in [6.07, 6.45) is 3.53. The smallest absolute Gasteiger partial charge is 0.270 e. The molecule has 5 rings (SSSR count). The number of aromatic amines is 1. The number of amides is 2. The van der Waals surface area contributed by atoms with Gasteiger partial charge >= 0.3 is 0 Å². The molecule has 1 aliphatic heterocycles. The van der Waals surface area contributed by atoms with Crippen molar-refractivity contribution < 1.29 is 14.5 Å². The summed E-state index contributed by atoms with van der Waals surface area (Å²) >= 11 is 0. The molecule has 2 N–H and O–H groups in total. The molecule has 37 heavy (non-hydrogen) atoms. The van der Waals surface area contributed by atoms with Crippen molar-refractivity contribution in [3.05, 3.63) is 112 Å². The summed E-state index contributed by atoms with van der Waals surface area (Å²) in [6, 6.07) is 22.9. The van der Waals surface area contributed by atoms with E-state index in [1.165, 1.54) is 12.1 Å². The zero-order chi connectivity index (χ0) is 25.8. The van der Waals surface area contributed by atoms with Gasteiger partial charge in [-0.1, -0.05) is 36.4 Å². The Kier molecular flexibility index (Phi) is 6.67. The van der Waals surface area contributed by atoms with E-state index in [0.29, 0.717) is 31.7 Å². The van der Waals surface area contributed by atoms with E-state index in [0.717, 1.165) is 22.2 Å². The number of nitro benzene ring substituents is 1. The van der Waals surface area contributed by atoms with Gasteiger partial charge in [0, 0.05) is 72.2 Å². The number of hydrogen-bond acceptors (Lipinski definition) is 5. The number of anilines is 1. The van der Waals surface area contributed by atoms with Gasteiger partial charge < -0.3 is 20.1 Å². The Morgan fingerprint density at radius 2 is 1.57 bits per heavy atom. The first-order chi connectivity index (χ1) is 18.0. The zero-order valence-electron chi connectivity index (χ0n) is 20.0. The molecule has 1 aliphatic rings. The zero-order valence-corrected chi connectivity index (χ0v) is 20.0. The molecule has 186 valence electrons. The standard InChI is InChI=1S/C28H25N5O4/c34-27(20-6-2-1-3-7-20)30-26(18-21-19-29-25-9-5-4-8-24(21)25)28(35)32-16-14-31(15-17-32)22-10-12-23(13-11-22)33(36)37/h1-13,18-19,29H,14-17H2,(H,30,34)/b26-18+. The summed E-state index contributed by atoms with van der Waals surface area (Å²) in [5, 5.41) is 14.7. The average Bonchev–Trinajstić information content (AvgIpc) is 3.35. The van der Waals surface area contributed by atoms with Crippen LogP contribution in [0.25, 0.3) is 17.0 Å². The van der Waals surface area contributed by atoms with Gasteiger partial charge in [0.05, 0.1) is 4.92 Å². The molecular formula is C28H25N5O4. The molecule has 2 heterocycles. The number of carbonyl (C=O) groups excluding carboxylic acids is 2. The van der Waals surface area contributed by atoms with Crippen molar-refractivity contribution in [2.75, 3.05) is 31.1 Å². The number of nitrogens with one attached hydrogen (secondary N) is 2.